The molecule has 1 aromatic heterocycles. The van der Waals surface area contributed by atoms with Gasteiger partial charge < -0.3 is 10.2 Å². The van der Waals surface area contributed by atoms with Gasteiger partial charge in [0.1, 0.15) is 0 Å². The standard InChI is InChI=1S/C17H23N3OS/c1-18-10-4-7-16(21)20-11-8-13(9-12-20)17-19-14-5-2-3-6-15(14)22-17/h2-3,5-6,13,18H,4,7-12H2,1H3. The maximum Gasteiger partial charge on any atom is 0.222 e. The van der Waals surface area contributed by atoms with Crippen molar-refractivity contribution in [3.8, 4) is 0 Å². The molecular weight excluding hydrogens is 294 g/mol. The molecule has 3 rings (SSSR count). The van der Waals surface area contributed by atoms with Gasteiger partial charge in [0, 0.05) is 25.4 Å². The van der Waals surface area contributed by atoms with E-state index in [4.69, 9.17) is 4.98 Å². The minimum Gasteiger partial charge on any atom is -0.343 e. The van der Waals surface area contributed by atoms with E-state index in [-0.39, 0.29) is 0 Å². The van der Waals surface area contributed by atoms with Crippen LogP contribution < -0.4 is 5.32 Å². The number of para-hydroxylation sites is 1. The molecule has 1 aliphatic heterocycles. The van der Waals surface area contributed by atoms with Crippen LogP contribution in [0.5, 0.6) is 0 Å². The van der Waals surface area contributed by atoms with Gasteiger partial charge in [0.2, 0.25) is 5.91 Å². The summed E-state index contributed by atoms with van der Waals surface area (Å²) in [4.78, 5) is 18.9. The van der Waals surface area contributed by atoms with Gasteiger partial charge in [0.25, 0.3) is 0 Å². The van der Waals surface area contributed by atoms with Crippen molar-refractivity contribution < 1.29 is 4.79 Å². The molecule has 1 fully saturated rings. The lowest BCUT2D eigenvalue weighted by molar-refractivity contribution is -0.132. The molecule has 1 saturated heterocycles. The molecule has 4 nitrogen and oxygen atoms in total. The van der Waals surface area contributed by atoms with Crippen LogP contribution in [0.4, 0.5) is 0 Å². The van der Waals surface area contributed by atoms with Gasteiger partial charge in [-0.3, -0.25) is 4.79 Å². The second-order valence-electron chi connectivity index (χ2n) is 5.88. The number of benzene rings is 1. The third-order valence-corrected chi connectivity index (χ3v) is 5.52. The highest BCUT2D eigenvalue weighted by molar-refractivity contribution is 7.18. The first kappa shape index (κ1) is 15.4. The second kappa shape index (κ2) is 7.20. The van der Waals surface area contributed by atoms with E-state index < -0.39 is 0 Å². The summed E-state index contributed by atoms with van der Waals surface area (Å²) in [6, 6.07) is 8.32. The molecule has 2 aromatic rings. The fourth-order valence-electron chi connectivity index (χ4n) is 3.01. The minimum absolute atomic E-state index is 0.304. The molecule has 0 atom stereocenters. The van der Waals surface area contributed by atoms with Crippen molar-refractivity contribution in [3.63, 3.8) is 0 Å². The predicted octanol–water partition coefficient (Wildman–Crippen LogP) is 3.00. The molecule has 2 heterocycles. The van der Waals surface area contributed by atoms with E-state index >= 15 is 0 Å². The number of likely N-dealkylation sites (tertiary alicyclic amines) is 1. The molecule has 0 spiro atoms. The summed E-state index contributed by atoms with van der Waals surface area (Å²) in [6.45, 7) is 2.66. The average molecular weight is 317 g/mol. The molecular formula is C17H23N3OS. The number of carbonyl (C=O) groups is 1. The van der Waals surface area contributed by atoms with Gasteiger partial charge in [0.15, 0.2) is 0 Å². The molecule has 5 heteroatoms. The van der Waals surface area contributed by atoms with Crippen molar-refractivity contribution in [1.82, 2.24) is 15.2 Å². The maximum absolute atomic E-state index is 12.1. The van der Waals surface area contributed by atoms with Crippen molar-refractivity contribution in [2.75, 3.05) is 26.7 Å². The lowest BCUT2D eigenvalue weighted by Gasteiger charge is -2.31. The SMILES string of the molecule is CNCCCC(=O)N1CCC(c2nc3ccccc3s2)CC1. The first-order chi connectivity index (χ1) is 10.8. The van der Waals surface area contributed by atoms with Gasteiger partial charge >= 0.3 is 0 Å². The Bertz CT molecular complexity index is 599. The Hall–Kier alpha value is -1.46. The molecule has 22 heavy (non-hydrogen) atoms. The van der Waals surface area contributed by atoms with Crippen LogP contribution in [-0.2, 0) is 4.79 Å². The van der Waals surface area contributed by atoms with Gasteiger partial charge in [-0.1, -0.05) is 12.1 Å². The number of thiazole rings is 1. The zero-order valence-corrected chi connectivity index (χ0v) is 13.9. The Morgan fingerprint density at radius 2 is 2.14 bits per heavy atom. The summed E-state index contributed by atoms with van der Waals surface area (Å²) in [5, 5.41) is 4.33. The van der Waals surface area contributed by atoms with Gasteiger partial charge in [-0.25, -0.2) is 4.98 Å². The monoisotopic (exact) mass is 317 g/mol. The number of nitrogens with zero attached hydrogens (tertiary/aromatic N) is 2. The third-order valence-electron chi connectivity index (χ3n) is 4.32. The van der Waals surface area contributed by atoms with E-state index in [0.717, 1.165) is 44.4 Å². The van der Waals surface area contributed by atoms with Crippen LogP contribution in [-0.4, -0.2) is 42.5 Å². The van der Waals surface area contributed by atoms with Crippen LogP contribution in [0.2, 0.25) is 0 Å². The largest absolute Gasteiger partial charge is 0.343 e. The summed E-state index contributed by atoms with van der Waals surface area (Å²) in [6.07, 6.45) is 3.66. The summed E-state index contributed by atoms with van der Waals surface area (Å²) < 4.78 is 1.27. The molecule has 0 aliphatic carbocycles. The quantitative estimate of drug-likeness (QED) is 0.862. The molecule has 1 amide bonds. The zero-order valence-electron chi connectivity index (χ0n) is 13.0. The number of carbonyl (C=O) groups excluding carboxylic acids is 1. The summed E-state index contributed by atoms with van der Waals surface area (Å²) >= 11 is 1.81. The van der Waals surface area contributed by atoms with Crippen LogP contribution >= 0.6 is 11.3 Å². The number of piperidine rings is 1. The normalized spacial score (nSPS) is 16.3. The van der Waals surface area contributed by atoms with Crippen LogP contribution in [0.15, 0.2) is 24.3 Å². The summed E-state index contributed by atoms with van der Waals surface area (Å²) in [5.74, 6) is 0.816. The summed E-state index contributed by atoms with van der Waals surface area (Å²) in [7, 11) is 1.92. The lowest BCUT2D eigenvalue weighted by atomic mass is 9.97. The minimum atomic E-state index is 0.304. The zero-order chi connectivity index (χ0) is 15.4. The van der Waals surface area contributed by atoms with Crippen molar-refractivity contribution in [2.45, 2.75) is 31.6 Å². The van der Waals surface area contributed by atoms with E-state index in [2.05, 4.69) is 23.5 Å². The van der Waals surface area contributed by atoms with Gasteiger partial charge in [0.05, 0.1) is 15.2 Å². The van der Waals surface area contributed by atoms with E-state index in [0.29, 0.717) is 18.2 Å². The van der Waals surface area contributed by atoms with Crippen LogP contribution in [0.25, 0.3) is 10.2 Å². The fourth-order valence-corrected chi connectivity index (χ4v) is 4.15. The van der Waals surface area contributed by atoms with Crippen LogP contribution in [0.3, 0.4) is 0 Å². The molecule has 0 saturated carbocycles. The second-order valence-corrected chi connectivity index (χ2v) is 6.94. The topological polar surface area (TPSA) is 45.2 Å². The third kappa shape index (κ3) is 3.47. The first-order valence-electron chi connectivity index (χ1n) is 8.06. The highest BCUT2D eigenvalue weighted by Crippen LogP contribution is 2.33. The highest BCUT2D eigenvalue weighted by Gasteiger charge is 2.25. The number of hydrogen-bond acceptors (Lipinski definition) is 4. The highest BCUT2D eigenvalue weighted by atomic mass is 32.1. The smallest absolute Gasteiger partial charge is 0.222 e. The Balaban J connectivity index is 1.56. The van der Waals surface area contributed by atoms with Crippen LogP contribution in [0.1, 0.15) is 36.6 Å². The maximum atomic E-state index is 12.1. The first-order valence-corrected chi connectivity index (χ1v) is 8.87. The molecule has 1 N–H and O–H groups in total. The number of fused-ring (bicyclic) bond motifs is 1. The van der Waals surface area contributed by atoms with Crippen LogP contribution in [0, 0.1) is 0 Å². The number of amides is 1. The van der Waals surface area contributed by atoms with E-state index in [1.165, 1.54) is 9.71 Å². The fraction of sp³-hybridized carbons (Fsp3) is 0.529. The molecule has 0 bridgehead atoms. The number of nitrogens with one attached hydrogen (secondary N) is 1. The predicted molar refractivity (Wildman–Crippen MR) is 91.3 cm³/mol. The molecule has 0 unspecified atom stereocenters. The van der Waals surface area contributed by atoms with E-state index in [9.17, 15) is 4.79 Å². The number of rotatable bonds is 5. The van der Waals surface area contributed by atoms with E-state index in [1.54, 1.807) is 0 Å². The lowest BCUT2D eigenvalue weighted by Crippen LogP contribution is -2.38. The van der Waals surface area contributed by atoms with Crippen molar-refractivity contribution in [2.24, 2.45) is 0 Å². The molecule has 118 valence electrons. The Morgan fingerprint density at radius 3 is 2.86 bits per heavy atom. The Kier molecular flexibility index (Phi) is 5.05. The van der Waals surface area contributed by atoms with Crippen molar-refractivity contribution >= 4 is 27.5 Å². The van der Waals surface area contributed by atoms with Crippen molar-refractivity contribution in [1.29, 1.82) is 0 Å². The van der Waals surface area contributed by atoms with Crippen molar-refractivity contribution in [3.05, 3.63) is 29.3 Å². The van der Waals surface area contributed by atoms with Gasteiger partial charge in [-0.2, -0.15) is 0 Å². The molecule has 1 aromatic carbocycles. The summed E-state index contributed by atoms with van der Waals surface area (Å²) in [5.41, 5.74) is 1.10. The number of hydrogen-bond donors (Lipinski definition) is 1. The van der Waals surface area contributed by atoms with E-state index in [1.807, 2.05) is 29.4 Å². The van der Waals surface area contributed by atoms with Gasteiger partial charge in [-0.05, 0) is 45.0 Å². The average Bonchev–Trinajstić information content (AvgIpc) is 2.99. The van der Waals surface area contributed by atoms with Gasteiger partial charge in [-0.15, -0.1) is 11.3 Å². The molecule has 0 radical (unpaired) electrons. The Labute approximate surface area is 135 Å². The number of aromatic nitrogens is 1. The molecule has 1 aliphatic rings. The Morgan fingerprint density at radius 1 is 1.36 bits per heavy atom.